The number of pyridine rings is 1. The van der Waals surface area contributed by atoms with E-state index < -0.39 is 0 Å². The fourth-order valence-corrected chi connectivity index (χ4v) is 3.63. The number of rotatable bonds is 9. The Balaban J connectivity index is 1.62. The number of fused-ring (bicyclic) bond motifs is 1. The van der Waals surface area contributed by atoms with E-state index >= 15 is 0 Å². The summed E-state index contributed by atoms with van der Waals surface area (Å²) in [5.41, 5.74) is 10.1. The van der Waals surface area contributed by atoms with Crippen molar-refractivity contribution in [3.05, 3.63) is 90.5 Å². The summed E-state index contributed by atoms with van der Waals surface area (Å²) in [7, 11) is 0. The lowest BCUT2D eigenvalue weighted by molar-refractivity contribution is 0.311. The van der Waals surface area contributed by atoms with E-state index in [1.807, 2.05) is 30.3 Å². The molecule has 4 nitrogen and oxygen atoms in total. The van der Waals surface area contributed by atoms with Gasteiger partial charge in [0.25, 0.3) is 0 Å². The lowest BCUT2D eigenvalue weighted by Gasteiger charge is -2.16. The van der Waals surface area contributed by atoms with Crippen LogP contribution in [0.25, 0.3) is 22.0 Å². The van der Waals surface area contributed by atoms with Gasteiger partial charge < -0.3 is 15.8 Å². The third kappa shape index (κ3) is 5.37. The maximum atomic E-state index is 6.15. The highest BCUT2D eigenvalue weighted by Gasteiger charge is 2.12. The molecule has 31 heavy (non-hydrogen) atoms. The van der Waals surface area contributed by atoms with Gasteiger partial charge in [0.1, 0.15) is 0 Å². The van der Waals surface area contributed by atoms with Gasteiger partial charge in [0.15, 0.2) is 0 Å². The van der Waals surface area contributed by atoms with Crippen molar-refractivity contribution < 1.29 is 4.74 Å². The van der Waals surface area contributed by atoms with E-state index in [1.54, 1.807) is 0 Å². The van der Waals surface area contributed by atoms with Gasteiger partial charge in [0, 0.05) is 30.3 Å². The molecule has 0 aliphatic rings. The molecule has 1 aromatic heterocycles. The molecule has 0 aliphatic carbocycles. The molecule has 0 spiro atoms. The fourth-order valence-electron chi connectivity index (χ4n) is 3.50. The van der Waals surface area contributed by atoms with Gasteiger partial charge in [0.2, 0.25) is 5.88 Å². The van der Waals surface area contributed by atoms with Crippen LogP contribution in [-0.2, 0) is 6.42 Å². The minimum Gasteiger partial charge on any atom is -0.476 e. The van der Waals surface area contributed by atoms with Crippen molar-refractivity contribution in [2.75, 3.05) is 24.2 Å². The normalized spacial score (nSPS) is 11.9. The Morgan fingerprint density at radius 2 is 1.68 bits per heavy atom. The second-order valence-electron chi connectivity index (χ2n) is 7.48. The average molecular weight is 430 g/mol. The van der Waals surface area contributed by atoms with Crippen molar-refractivity contribution in [2.24, 2.45) is 5.73 Å². The first-order valence-electron chi connectivity index (χ1n) is 10.5. The Hall–Kier alpha value is -3.02. The summed E-state index contributed by atoms with van der Waals surface area (Å²) in [6.07, 6.45) is 0.816. The monoisotopic (exact) mass is 429 g/mol. The number of nitrogens with zero attached hydrogens (tertiary/aromatic N) is 1. The van der Waals surface area contributed by atoms with Crippen molar-refractivity contribution in [3.8, 4) is 17.1 Å². The second-order valence-corrected chi connectivity index (χ2v) is 7.85. The van der Waals surface area contributed by atoms with E-state index in [0.717, 1.165) is 23.4 Å². The first-order chi connectivity index (χ1) is 15.2. The summed E-state index contributed by atoms with van der Waals surface area (Å²) in [5, 5.41) is 5.73. The summed E-state index contributed by atoms with van der Waals surface area (Å²) < 4.78 is 6.15. The third-order valence-corrected chi connectivity index (χ3v) is 5.66. The Bertz CT molecular complexity index is 1130. The zero-order valence-corrected chi connectivity index (χ0v) is 18.3. The molecule has 0 bridgehead atoms. The van der Waals surface area contributed by atoms with Crippen LogP contribution in [0.2, 0.25) is 0 Å². The highest BCUT2D eigenvalue weighted by Crippen LogP contribution is 2.31. The zero-order valence-electron chi connectivity index (χ0n) is 17.4. The molecule has 158 valence electrons. The van der Waals surface area contributed by atoms with Gasteiger partial charge in [0.05, 0.1) is 18.0 Å². The van der Waals surface area contributed by atoms with Crippen LogP contribution in [0.5, 0.6) is 5.88 Å². The first kappa shape index (κ1) is 21.2. The molecule has 0 fully saturated rings. The molecular formula is C26H27N3OS. The molecule has 1 unspecified atom stereocenters. The van der Waals surface area contributed by atoms with Gasteiger partial charge in [-0.25, -0.2) is 4.98 Å². The van der Waals surface area contributed by atoms with Crippen LogP contribution in [0.1, 0.15) is 5.56 Å². The number of benzene rings is 3. The van der Waals surface area contributed by atoms with Crippen molar-refractivity contribution in [1.82, 2.24) is 4.98 Å². The molecule has 0 saturated carbocycles. The van der Waals surface area contributed by atoms with Gasteiger partial charge >= 0.3 is 0 Å². The molecular weight excluding hydrogens is 402 g/mol. The molecule has 4 rings (SSSR count). The molecule has 0 saturated heterocycles. The lowest BCUT2D eigenvalue weighted by Crippen LogP contribution is -2.30. The highest BCUT2D eigenvalue weighted by atomic mass is 32.1. The van der Waals surface area contributed by atoms with Crippen LogP contribution in [-0.4, -0.2) is 29.9 Å². The Morgan fingerprint density at radius 3 is 2.52 bits per heavy atom. The smallest absolute Gasteiger partial charge is 0.237 e. The number of nitrogens with one attached hydrogen (secondary N) is 1. The number of anilines is 1. The van der Waals surface area contributed by atoms with Gasteiger partial charge in [-0.2, -0.15) is 12.6 Å². The number of hydrogen-bond donors (Lipinski definition) is 3. The molecule has 0 aliphatic heterocycles. The van der Waals surface area contributed by atoms with Crippen LogP contribution in [0.3, 0.4) is 0 Å². The molecule has 0 amide bonds. The van der Waals surface area contributed by atoms with E-state index in [-0.39, 0.29) is 6.04 Å². The molecule has 5 heteroatoms. The quantitative estimate of drug-likeness (QED) is 0.320. The SMILES string of the molecule is NC(CS)CNc1ccc(-c2cccc3ccccc23)nc1OCCc1ccccc1. The largest absolute Gasteiger partial charge is 0.476 e. The fraction of sp³-hybridized carbons (Fsp3) is 0.192. The molecule has 1 heterocycles. The summed E-state index contributed by atoms with van der Waals surface area (Å²) in [4.78, 5) is 4.88. The van der Waals surface area contributed by atoms with E-state index in [4.69, 9.17) is 15.5 Å². The molecule has 0 radical (unpaired) electrons. The van der Waals surface area contributed by atoms with E-state index in [1.165, 1.54) is 16.3 Å². The average Bonchev–Trinajstić information content (AvgIpc) is 2.83. The highest BCUT2D eigenvalue weighted by molar-refractivity contribution is 7.80. The molecule has 1 atom stereocenters. The second kappa shape index (κ2) is 10.3. The third-order valence-electron chi connectivity index (χ3n) is 5.19. The molecule has 3 aromatic carbocycles. The maximum absolute atomic E-state index is 6.15. The van der Waals surface area contributed by atoms with E-state index in [9.17, 15) is 0 Å². The number of hydrogen-bond acceptors (Lipinski definition) is 5. The first-order valence-corrected chi connectivity index (χ1v) is 11.1. The Kier molecular flexibility index (Phi) is 7.07. The molecule has 3 N–H and O–H groups in total. The summed E-state index contributed by atoms with van der Waals surface area (Å²) >= 11 is 4.27. The Labute approximate surface area is 188 Å². The Morgan fingerprint density at radius 1 is 0.903 bits per heavy atom. The van der Waals surface area contributed by atoms with Crippen molar-refractivity contribution >= 4 is 29.1 Å². The number of aromatic nitrogens is 1. The van der Waals surface area contributed by atoms with Crippen LogP contribution < -0.4 is 15.8 Å². The topological polar surface area (TPSA) is 60.2 Å². The van der Waals surface area contributed by atoms with Gasteiger partial charge in [-0.3, -0.25) is 0 Å². The lowest BCUT2D eigenvalue weighted by atomic mass is 10.0. The zero-order chi connectivity index (χ0) is 21.5. The number of thiol groups is 1. The minimum absolute atomic E-state index is 0.0433. The predicted molar refractivity (Wildman–Crippen MR) is 133 cm³/mol. The van der Waals surface area contributed by atoms with Gasteiger partial charge in [-0.15, -0.1) is 0 Å². The minimum atomic E-state index is -0.0433. The van der Waals surface area contributed by atoms with Crippen molar-refractivity contribution in [1.29, 1.82) is 0 Å². The van der Waals surface area contributed by atoms with Crippen LogP contribution in [0.15, 0.2) is 84.9 Å². The van der Waals surface area contributed by atoms with Crippen molar-refractivity contribution in [2.45, 2.75) is 12.5 Å². The van der Waals surface area contributed by atoms with Gasteiger partial charge in [-0.05, 0) is 28.5 Å². The predicted octanol–water partition coefficient (Wildman–Crippen LogP) is 5.19. The van der Waals surface area contributed by atoms with Crippen molar-refractivity contribution in [3.63, 3.8) is 0 Å². The summed E-state index contributed by atoms with van der Waals surface area (Å²) in [6.45, 7) is 1.15. The standard InChI is InChI=1S/C26H27N3OS/c27-21(18-31)17-28-25-14-13-24(23-12-6-10-20-9-4-5-11-22(20)23)29-26(25)30-16-15-19-7-2-1-3-8-19/h1-14,21,28,31H,15-18,27H2. The summed E-state index contributed by atoms with van der Waals surface area (Å²) in [6, 6.07) is 28.9. The van der Waals surface area contributed by atoms with Crippen LogP contribution in [0.4, 0.5) is 5.69 Å². The maximum Gasteiger partial charge on any atom is 0.237 e. The summed E-state index contributed by atoms with van der Waals surface area (Å²) in [5.74, 6) is 1.20. The van der Waals surface area contributed by atoms with Gasteiger partial charge in [-0.1, -0.05) is 72.8 Å². The number of ether oxygens (including phenoxy) is 1. The van der Waals surface area contributed by atoms with E-state index in [0.29, 0.717) is 24.8 Å². The van der Waals surface area contributed by atoms with Crippen LogP contribution >= 0.6 is 12.6 Å². The van der Waals surface area contributed by atoms with E-state index in [2.05, 4.69) is 72.5 Å². The van der Waals surface area contributed by atoms with Crippen LogP contribution in [0, 0.1) is 0 Å². The molecule has 4 aromatic rings. The number of nitrogens with two attached hydrogens (primary N) is 1.